The van der Waals surface area contributed by atoms with Crippen LogP contribution in [0.5, 0.6) is 0 Å². The SMILES string of the molecule is CC(C)(C)c1ccc(N2c3cc(N(c4ccc(-c5ccccc5)cc4)c4ccc(-c5ccccc5)cc4)ccc3B3c4cc(C(C)(C)C)ccc4N(c4ccc5c(c4)-c4ccccc4C5(C)C)c4cc(C(C)(C)C)cc2c43)cc1. The average molecular weight is 1020 g/mol. The van der Waals surface area contributed by atoms with Gasteiger partial charge < -0.3 is 14.7 Å². The predicted octanol–water partition coefficient (Wildman–Crippen LogP) is 18.8. The molecular weight excluding hydrogens is 954 g/mol. The predicted molar refractivity (Wildman–Crippen MR) is 340 cm³/mol. The Morgan fingerprint density at radius 3 is 1.39 bits per heavy atom. The van der Waals surface area contributed by atoms with Crippen LogP contribution in [0.1, 0.15) is 104 Å². The van der Waals surface area contributed by atoms with E-state index in [-0.39, 0.29) is 28.4 Å². The minimum absolute atomic E-state index is 0.00486. The molecule has 10 aromatic rings. The van der Waals surface area contributed by atoms with E-state index in [9.17, 15) is 0 Å². The van der Waals surface area contributed by atoms with Crippen molar-refractivity contribution >= 4 is 74.3 Å². The second-order valence-corrected chi connectivity index (χ2v) is 25.9. The quantitative estimate of drug-likeness (QED) is 0.147. The number of hydrogen-bond acceptors (Lipinski definition) is 3. The molecular formula is C75H70BN3. The van der Waals surface area contributed by atoms with E-state index in [0.717, 1.165) is 22.7 Å². The summed E-state index contributed by atoms with van der Waals surface area (Å²) in [5, 5.41) is 0. The lowest BCUT2D eigenvalue weighted by molar-refractivity contribution is 0.590. The molecule has 2 heterocycles. The van der Waals surface area contributed by atoms with Gasteiger partial charge in [-0.3, -0.25) is 0 Å². The van der Waals surface area contributed by atoms with Crippen LogP contribution < -0.4 is 31.1 Å². The minimum Gasteiger partial charge on any atom is -0.311 e. The first-order valence-corrected chi connectivity index (χ1v) is 28.4. The van der Waals surface area contributed by atoms with Crippen LogP contribution in [0.3, 0.4) is 0 Å². The lowest BCUT2D eigenvalue weighted by Gasteiger charge is -2.45. The third-order valence-corrected chi connectivity index (χ3v) is 17.3. The molecule has 0 unspecified atom stereocenters. The zero-order chi connectivity index (χ0) is 54.8. The molecule has 79 heavy (non-hydrogen) atoms. The molecule has 3 aliphatic rings. The van der Waals surface area contributed by atoms with Crippen LogP contribution in [0.15, 0.2) is 224 Å². The average Bonchev–Trinajstić information content (AvgIpc) is 3.65. The standard InChI is InChI=1S/C75H70BN3/c1-72(2,3)53-30-37-58(38-31-53)78-68-48-60(77(56-33-26-51(27-34-56)49-20-14-12-15-21-49)57-35-28-52(29-36-57)50-22-16-13-17-23-50)40-42-65(68)76-66-44-54(73(4,5)6)32-43-67(66)79(70-46-55(74(7,8)9)45-69(78)71(70)76)59-39-41-64-62(47-59)61-24-18-19-25-63(61)75(64,10)11/h12-48H,1-11H3. The summed E-state index contributed by atoms with van der Waals surface area (Å²) in [6.45, 7) is 25.8. The van der Waals surface area contributed by atoms with E-state index in [1.165, 1.54) is 106 Å². The first-order chi connectivity index (χ1) is 37.8. The summed E-state index contributed by atoms with van der Waals surface area (Å²) in [4.78, 5) is 7.66. The molecule has 388 valence electrons. The lowest BCUT2D eigenvalue weighted by atomic mass is 9.33. The third-order valence-electron chi connectivity index (χ3n) is 17.3. The van der Waals surface area contributed by atoms with E-state index in [1.807, 2.05) is 0 Å². The molecule has 3 nitrogen and oxygen atoms in total. The Morgan fingerprint density at radius 2 is 0.823 bits per heavy atom. The fourth-order valence-corrected chi connectivity index (χ4v) is 12.9. The first kappa shape index (κ1) is 50.2. The van der Waals surface area contributed by atoms with Crippen LogP contribution in [0, 0.1) is 0 Å². The van der Waals surface area contributed by atoms with Crippen LogP contribution in [0.2, 0.25) is 0 Å². The second-order valence-electron chi connectivity index (χ2n) is 25.9. The van der Waals surface area contributed by atoms with Crippen molar-refractivity contribution in [3.05, 3.63) is 252 Å². The molecule has 0 saturated carbocycles. The number of rotatable bonds is 7. The molecule has 0 amide bonds. The number of fused-ring (bicyclic) bond motifs is 7. The van der Waals surface area contributed by atoms with Crippen LogP contribution in [0.4, 0.5) is 51.2 Å². The van der Waals surface area contributed by atoms with Crippen molar-refractivity contribution < 1.29 is 0 Å². The molecule has 0 spiro atoms. The molecule has 0 fully saturated rings. The monoisotopic (exact) mass is 1020 g/mol. The molecule has 10 aromatic carbocycles. The van der Waals surface area contributed by atoms with Gasteiger partial charge in [0.2, 0.25) is 0 Å². The zero-order valence-electron chi connectivity index (χ0n) is 47.8. The topological polar surface area (TPSA) is 9.72 Å². The molecule has 0 bridgehead atoms. The molecule has 13 rings (SSSR count). The molecule has 0 aromatic heterocycles. The van der Waals surface area contributed by atoms with E-state index in [0.29, 0.717) is 0 Å². The molecule has 0 atom stereocenters. The minimum atomic E-state index is -0.164. The van der Waals surface area contributed by atoms with Gasteiger partial charge in [0, 0.05) is 56.6 Å². The van der Waals surface area contributed by atoms with E-state index in [4.69, 9.17) is 0 Å². The van der Waals surface area contributed by atoms with Crippen LogP contribution in [-0.2, 0) is 21.7 Å². The van der Waals surface area contributed by atoms with Gasteiger partial charge >= 0.3 is 0 Å². The highest BCUT2D eigenvalue weighted by atomic mass is 15.2. The number of benzene rings is 10. The Morgan fingerprint density at radius 1 is 0.342 bits per heavy atom. The van der Waals surface area contributed by atoms with Gasteiger partial charge in [-0.25, -0.2) is 0 Å². The van der Waals surface area contributed by atoms with E-state index >= 15 is 0 Å². The molecule has 2 aliphatic heterocycles. The van der Waals surface area contributed by atoms with Gasteiger partial charge in [-0.1, -0.05) is 222 Å². The van der Waals surface area contributed by atoms with Gasteiger partial charge in [0.05, 0.1) is 0 Å². The molecule has 1 aliphatic carbocycles. The summed E-state index contributed by atoms with van der Waals surface area (Å²) in [6, 6.07) is 85.0. The van der Waals surface area contributed by atoms with Crippen LogP contribution >= 0.6 is 0 Å². The number of anilines is 9. The van der Waals surface area contributed by atoms with Gasteiger partial charge in [0.15, 0.2) is 0 Å². The van der Waals surface area contributed by atoms with Gasteiger partial charge in [0.1, 0.15) is 0 Å². The first-order valence-electron chi connectivity index (χ1n) is 28.4. The fraction of sp³-hybridized carbons (Fsp3) is 0.200. The maximum Gasteiger partial charge on any atom is 0.252 e. The highest BCUT2D eigenvalue weighted by molar-refractivity contribution is 7.00. The third kappa shape index (κ3) is 8.50. The summed E-state index contributed by atoms with van der Waals surface area (Å²) in [6.07, 6.45) is 0. The molecule has 0 N–H and O–H groups in total. The smallest absolute Gasteiger partial charge is 0.252 e. The van der Waals surface area contributed by atoms with Crippen molar-refractivity contribution in [1.82, 2.24) is 0 Å². The number of hydrogen-bond donors (Lipinski definition) is 0. The zero-order valence-corrected chi connectivity index (χ0v) is 47.8. The molecule has 0 radical (unpaired) electrons. The Balaban J connectivity index is 1.07. The lowest BCUT2D eigenvalue weighted by Crippen LogP contribution is -2.61. The fourth-order valence-electron chi connectivity index (χ4n) is 12.9. The molecule has 0 saturated heterocycles. The van der Waals surface area contributed by atoms with E-state index in [1.54, 1.807) is 0 Å². The Labute approximate surface area is 470 Å². The number of nitrogens with zero attached hydrogens (tertiary/aromatic N) is 3. The summed E-state index contributed by atoms with van der Waals surface area (Å²) in [5.41, 5.74) is 28.2. The summed E-state index contributed by atoms with van der Waals surface area (Å²) < 4.78 is 0. The second kappa shape index (κ2) is 18.4. The Bertz CT molecular complexity index is 3880. The maximum absolute atomic E-state index is 2.61. The van der Waals surface area contributed by atoms with E-state index in [2.05, 4.69) is 315 Å². The van der Waals surface area contributed by atoms with Crippen LogP contribution in [0.25, 0.3) is 33.4 Å². The van der Waals surface area contributed by atoms with Crippen molar-refractivity contribution in [2.45, 2.75) is 97.8 Å². The Kier molecular flexibility index (Phi) is 11.7. The van der Waals surface area contributed by atoms with Gasteiger partial charge in [0.25, 0.3) is 6.71 Å². The van der Waals surface area contributed by atoms with Crippen molar-refractivity contribution in [2.75, 3.05) is 14.7 Å². The van der Waals surface area contributed by atoms with Crippen molar-refractivity contribution in [1.29, 1.82) is 0 Å². The summed E-state index contributed by atoms with van der Waals surface area (Å²) in [7, 11) is 0. The van der Waals surface area contributed by atoms with Crippen molar-refractivity contribution in [2.24, 2.45) is 0 Å². The van der Waals surface area contributed by atoms with Gasteiger partial charge in [-0.2, -0.15) is 0 Å². The molecule has 4 heteroatoms. The van der Waals surface area contributed by atoms with Crippen molar-refractivity contribution in [3.8, 4) is 33.4 Å². The highest BCUT2D eigenvalue weighted by Gasteiger charge is 2.45. The van der Waals surface area contributed by atoms with Crippen LogP contribution in [-0.4, -0.2) is 6.71 Å². The summed E-state index contributed by atoms with van der Waals surface area (Å²) >= 11 is 0. The van der Waals surface area contributed by atoms with E-state index < -0.39 is 0 Å². The Hall–Kier alpha value is -8.34. The largest absolute Gasteiger partial charge is 0.311 e. The van der Waals surface area contributed by atoms with Gasteiger partial charge in [-0.05, 0) is 173 Å². The normalized spacial score (nSPS) is 14.0. The van der Waals surface area contributed by atoms with Crippen molar-refractivity contribution in [3.63, 3.8) is 0 Å². The maximum atomic E-state index is 2.61. The van der Waals surface area contributed by atoms with Gasteiger partial charge in [-0.15, -0.1) is 0 Å². The highest BCUT2D eigenvalue weighted by Crippen LogP contribution is 2.53. The summed E-state index contributed by atoms with van der Waals surface area (Å²) in [5.74, 6) is 0.